The molecule has 2 aromatic rings. The summed E-state index contributed by atoms with van der Waals surface area (Å²) >= 11 is 0. The Morgan fingerprint density at radius 1 is 1.22 bits per heavy atom. The molecule has 0 bridgehead atoms. The Hall–Kier alpha value is -3.03. The van der Waals surface area contributed by atoms with Crippen molar-refractivity contribution in [1.29, 1.82) is 0 Å². The van der Waals surface area contributed by atoms with Gasteiger partial charge in [0.25, 0.3) is 5.91 Å². The van der Waals surface area contributed by atoms with E-state index in [4.69, 9.17) is 4.74 Å². The van der Waals surface area contributed by atoms with E-state index < -0.39 is 22.5 Å². The first-order chi connectivity index (χ1) is 10.9. The molecule has 0 radical (unpaired) electrons. The van der Waals surface area contributed by atoms with Crippen LogP contribution in [0.15, 0.2) is 36.4 Å². The number of nitrogens with zero attached hydrogens (tertiary/aromatic N) is 1. The Balaban J connectivity index is 2.28. The summed E-state index contributed by atoms with van der Waals surface area (Å²) in [6, 6.07) is 6.19. The molecule has 120 valence electrons. The summed E-state index contributed by atoms with van der Waals surface area (Å²) in [5, 5.41) is 13.3. The van der Waals surface area contributed by atoms with Crippen LogP contribution in [0.2, 0.25) is 0 Å². The molecule has 0 heterocycles. The number of carbonyl (C=O) groups is 1. The smallest absolute Gasteiger partial charge is 0.311 e. The minimum absolute atomic E-state index is 0.0332. The van der Waals surface area contributed by atoms with E-state index in [2.05, 4.69) is 5.32 Å². The number of hydrogen-bond acceptors (Lipinski definition) is 4. The SMILES string of the molecule is CCOc1ccc(C(=O)Nc2cc(F)cc(F)c2)cc1[N+](=O)[O-]. The van der Waals surface area contributed by atoms with Gasteiger partial charge >= 0.3 is 5.69 Å². The van der Waals surface area contributed by atoms with Crippen LogP contribution in [0.25, 0.3) is 0 Å². The first-order valence-corrected chi connectivity index (χ1v) is 6.59. The van der Waals surface area contributed by atoms with Gasteiger partial charge in [-0.2, -0.15) is 0 Å². The Kier molecular flexibility index (Phi) is 4.85. The van der Waals surface area contributed by atoms with Crippen LogP contribution in [0.5, 0.6) is 5.75 Å². The summed E-state index contributed by atoms with van der Waals surface area (Å²) in [7, 11) is 0. The lowest BCUT2D eigenvalue weighted by Crippen LogP contribution is -2.13. The zero-order chi connectivity index (χ0) is 17.0. The maximum absolute atomic E-state index is 13.1. The second-order valence-electron chi connectivity index (χ2n) is 4.48. The molecule has 0 saturated heterocycles. The Labute approximate surface area is 129 Å². The number of ether oxygens (including phenoxy) is 1. The number of hydrogen-bond donors (Lipinski definition) is 1. The van der Waals surface area contributed by atoms with Crippen molar-refractivity contribution >= 4 is 17.3 Å². The molecule has 2 aromatic carbocycles. The summed E-state index contributed by atoms with van der Waals surface area (Å²) in [6.07, 6.45) is 0. The number of benzene rings is 2. The molecule has 23 heavy (non-hydrogen) atoms. The molecular formula is C15H12F2N2O4. The molecule has 0 aromatic heterocycles. The predicted molar refractivity (Wildman–Crippen MR) is 78.6 cm³/mol. The molecule has 0 aliphatic rings. The topological polar surface area (TPSA) is 81.5 Å². The lowest BCUT2D eigenvalue weighted by Gasteiger charge is -2.08. The maximum Gasteiger partial charge on any atom is 0.311 e. The second-order valence-corrected chi connectivity index (χ2v) is 4.48. The molecule has 0 saturated carbocycles. The average Bonchev–Trinajstić information content (AvgIpc) is 2.46. The molecule has 0 atom stereocenters. The van der Waals surface area contributed by atoms with Gasteiger partial charge < -0.3 is 10.1 Å². The summed E-state index contributed by atoms with van der Waals surface area (Å²) in [5.74, 6) is -2.40. The number of rotatable bonds is 5. The highest BCUT2D eigenvalue weighted by molar-refractivity contribution is 6.04. The van der Waals surface area contributed by atoms with Gasteiger partial charge in [0.15, 0.2) is 5.75 Å². The average molecular weight is 322 g/mol. The summed E-state index contributed by atoms with van der Waals surface area (Å²) in [4.78, 5) is 22.4. The van der Waals surface area contributed by atoms with Crippen LogP contribution in [0.3, 0.4) is 0 Å². The van der Waals surface area contributed by atoms with Crippen LogP contribution in [-0.2, 0) is 0 Å². The van der Waals surface area contributed by atoms with Crippen molar-refractivity contribution in [2.45, 2.75) is 6.92 Å². The van der Waals surface area contributed by atoms with Crippen molar-refractivity contribution in [2.75, 3.05) is 11.9 Å². The van der Waals surface area contributed by atoms with Crippen LogP contribution in [-0.4, -0.2) is 17.4 Å². The van der Waals surface area contributed by atoms with E-state index in [1.165, 1.54) is 12.1 Å². The molecule has 0 unspecified atom stereocenters. The highest BCUT2D eigenvalue weighted by Crippen LogP contribution is 2.28. The van der Waals surface area contributed by atoms with Gasteiger partial charge in [0.05, 0.1) is 11.5 Å². The van der Waals surface area contributed by atoms with Gasteiger partial charge in [-0.1, -0.05) is 0 Å². The van der Waals surface area contributed by atoms with Gasteiger partial charge in [0.2, 0.25) is 0 Å². The van der Waals surface area contributed by atoms with Crippen LogP contribution in [0.4, 0.5) is 20.2 Å². The maximum atomic E-state index is 13.1. The van der Waals surface area contributed by atoms with Gasteiger partial charge in [0.1, 0.15) is 11.6 Å². The number of nitro benzene ring substituents is 1. The van der Waals surface area contributed by atoms with E-state index in [1.54, 1.807) is 6.92 Å². The van der Waals surface area contributed by atoms with Crippen LogP contribution in [0.1, 0.15) is 17.3 Å². The van der Waals surface area contributed by atoms with E-state index in [0.717, 1.165) is 18.2 Å². The highest BCUT2D eigenvalue weighted by atomic mass is 19.1. The molecule has 0 aliphatic carbocycles. The van der Waals surface area contributed by atoms with Crippen molar-refractivity contribution in [3.8, 4) is 5.75 Å². The van der Waals surface area contributed by atoms with Gasteiger partial charge in [-0.25, -0.2) is 8.78 Å². The first kappa shape index (κ1) is 16.3. The van der Waals surface area contributed by atoms with Gasteiger partial charge in [0, 0.05) is 23.4 Å². The zero-order valence-electron chi connectivity index (χ0n) is 12.0. The third-order valence-electron chi connectivity index (χ3n) is 2.84. The van der Waals surface area contributed by atoms with Gasteiger partial charge in [-0.3, -0.25) is 14.9 Å². The lowest BCUT2D eigenvalue weighted by molar-refractivity contribution is -0.385. The Morgan fingerprint density at radius 2 is 1.87 bits per heavy atom. The van der Waals surface area contributed by atoms with Crippen molar-refractivity contribution in [1.82, 2.24) is 0 Å². The molecule has 0 aliphatic heterocycles. The van der Waals surface area contributed by atoms with E-state index in [1.807, 2.05) is 0 Å². The number of nitrogens with one attached hydrogen (secondary N) is 1. The second kappa shape index (κ2) is 6.82. The van der Waals surface area contributed by atoms with E-state index in [-0.39, 0.29) is 29.3 Å². The number of amides is 1. The molecule has 6 nitrogen and oxygen atoms in total. The molecule has 0 fully saturated rings. The minimum atomic E-state index is -0.849. The largest absolute Gasteiger partial charge is 0.487 e. The minimum Gasteiger partial charge on any atom is -0.487 e. The fourth-order valence-corrected chi connectivity index (χ4v) is 1.91. The fraction of sp³-hybridized carbons (Fsp3) is 0.133. The Morgan fingerprint density at radius 3 is 2.43 bits per heavy atom. The van der Waals surface area contributed by atoms with Crippen LogP contribution in [0, 0.1) is 21.7 Å². The number of anilines is 1. The molecule has 1 amide bonds. The molecule has 0 spiro atoms. The van der Waals surface area contributed by atoms with Crippen LogP contribution >= 0.6 is 0 Å². The monoisotopic (exact) mass is 322 g/mol. The summed E-state index contributed by atoms with van der Waals surface area (Å²) in [6.45, 7) is 1.90. The molecule has 8 heteroatoms. The Bertz CT molecular complexity index is 745. The lowest BCUT2D eigenvalue weighted by atomic mass is 10.1. The zero-order valence-corrected chi connectivity index (χ0v) is 12.0. The van der Waals surface area contributed by atoms with E-state index >= 15 is 0 Å². The fourth-order valence-electron chi connectivity index (χ4n) is 1.91. The van der Waals surface area contributed by atoms with Crippen LogP contribution < -0.4 is 10.1 Å². The molecule has 2 rings (SSSR count). The predicted octanol–water partition coefficient (Wildman–Crippen LogP) is 3.52. The molecule has 1 N–H and O–H groups in total. The normalized spacial score (nSPS) is 10.2. The number of halogens is 2. The highest BCUT2D eigenvalue weighted by Gasteiger charge is 2.19. The quantitative estimate of drug-likeness (QED) is 0.674. The van der Waals surface area contributed by atoms with Crippen molar-refractivity contribution in [3.05, 3.63) is 63.7 Å². The molecular weight excluding hydrogens is 310 g/mol. The third-order valence-corrected chi connectivity index (χ3v) is 2.84. The van der Waals surface area contributed by atoms with Crippen molar-refractivity contribution in [2.24, 2.45) is 0 Å². The van der Waals surface area contributed by atoms with E-state index in [0.29, 0.717) is 6.07 Å². The van der Waals surface area contributed by atoms with Gasteiger partial charge in [-0.15, -0.1) is 0 Å². The first-order valence-electron chi connectivity index (χ1n) is 6.59. The summed E-state index contributed by atoms with van der Waals surface area (Å²) < 4.78 is 31.3. The summed E-state index contributed by atoms with van der Waals surface area (Å²) in [5.41, 5.74) is -0.501. The number of nitro groups is 1. The third kappa shape index (κ3) is 4.00. The number of carbonyl (C=O) groups excluding carboxylic acids is 1. The van der Waals surface area contributed by atoms with E-state index in [9.17, 15) is 23.7 Å². The standard InChI is InChI=1S/C15H12F2N2O4/c1-2-23-14-4-3-9(5-13(14)19(21)22)15(20)18-12-7-10(16)6-11(17)8-12/h3-8H,2H2,1H3,(H,18,20). The van der Waals surface area contributed by atoms with Crippen molar-refractivity contribution in [3.63, 3.8) is 0 Å². The van der Waals surface area contributed by atoms with Crippen molar-refractivity contribution < 1.29 is 23.2 Å². The van der Waals surface area contributed by atoms with Gasteiger partial charge in [-0.05, 0) is 31.2 Å².